The number of anilines is 2. The molecule has 0 spiro atoms. The van der Waals surface area contributed by atoms with Gasteiger partial charge in [0.2, 0.25) is 0 Å². The molecule has 0 aliphatic heterocycles. The molecular weight excluding hydrogens is 241 g/mol. The van der Waals surface area contributed by atoms with Crippen molar-refractivity contribution < 1.29 is 13.2 Å². The molecule has 0 aromatic heterocycles. The van der Waals surface area contributed by atoms with Gasteiger partial charge in [-0.3, -0.25) is 0 Å². The summed E-state index contributed by atoms with van der Waals surface area (Å²) >= 11 is 0. The molecule has 0 fully saturated rings. The fourth-order valence-corrected chi connectivity index (χ4v) is 2.31. The lowest BCUT2D eigenvalue weighted by Gasteiger charge is -2.24. The van der Waals surface area contributed by atoms with Gasteiger partial charge in [0.25, 0.3) is 0 Å². The van der Waals surface area contributed by atoms with Crippen molar-refractivity contribution in [3.63, 3.8) is 0 Å². The SMILES string of the molecule is CC(C)c1c(N)cc(N)c(C(C)C)c1C(F)(F)F. The number of hydrogen-bond acceptors (Lipinski definition) is 2. The van der Waals surface area contributed by atoms with E-state index in [1.807, 2.05) is 0 Å². The minimum absolute atomic E-state index is 0.110. The highest BCUT2D eigenvalue weighted by atomic mass is 19.4. The van der Waals surface area contributed by atoms with E-state index in [0.29, 0.717) is 0 Å². The molecule has 102 valence electrons. The van der Waals surface area contributed by atoms with Crippen LogP contribution >= 0.6 is 0 Å². The third-order valence-electron chi connectivity index (χ3n) is 2.91. The van der Waals surface area contributed by atoms with Crippen LogP contribution in [-0.4, -0.2) is 0 Å². The van der Waals surface area contributed by atoms with Gasteiger partial charge in [-0.2, -0.15) is 13.2 Å². The monoisotopic (exact) mass is 260 g/mol. The van der Waals surface area contributed by atoms with Gasteiger partial charge in [-0.1, -0.05) is 27.7 Å². The van der Waals surface area contributed by atoms with Gasteiger partial charge in [-0.05, 0) is 29.0 Å². The standard InChI is InChI=1S/C13H19F3N2/c1-6(2)10-8(17)5-9(18)11(7(3)4)12(10)13(14,15)16/h5-7H,17-18H2,1-4H3. The van der Waals surface area contributed by atoms with Gasteiger partial charge in [-0.15, -0.1) is 0 Å². The van der Waals surface area contributed by atoms with E-state index in [-0.39, 0.29) is 34.3 Å². The lowest BCUT2D eigenvalue weighted by atomic mass is 9.86. The Kier molecular flexibility index (Phi) is 3.84. The highest BCUT2D eigenvalue weighted by Crippen LogP contribution is 2.45. The molecular formula is C13H19F3N2. The van der Waals surface area contributed by atoms with Crippen molar-refractivity contribution in [2.75, 3.05) is 11.5 Å². The summed E-state index contributed by atoms with van der Waals surface area (Å²) in [7, 11) is 0. The normalized spacial score (nSPS) is 12.5. The molecule has 18 heavy (non-hydrogen) atoms. The summed E-state index contributed by atoms with van der Waals surface area (Å²) in [6.45, 7) is 6.78. The highest BCUT2D eigenvalue weighted by Gasteiger charge is 2.39. The van der Waals surface area contributed by atoms with Gasteiger partial charge in [-0.25, -0.2) is 0 Å². The van der Waals surface area contributed by atoms with Crippen LogP contribution in [0.3, 0.4) is 0 Å². The lowest BCUT2D eigenvalue weighted by molar-refractivity contribution is -0.139. The second kappa shape index (κ2) is 4.71. The summed E-state index contributed by atoms with van der Waals surface area (Å²) in [6, 6.07) is 1.43. The van der Waals surface area contributed by atoms with Crippen molar-refractivity contribution >= 4 is 11.4 Å². The Hall–Kier alpha value is -1.39. The maximum atomic E-state index is 13.3. The van der Waals surface area contributed by atoms with Gasteiger partial charge < -0.3 is 11.5 Å². The van der Waals surface area contributed by atoms with E-state index in [0.717, 1.165) is 0 Å². The Labute approximate surface area is 105 Å². The zero-order valence-electron chi connectivity index (χ0n) is 11.0. The molecule has 1 aromatic carbocycles. The number of nitrogen functional groups attached to an aromatic ring is 2. The minimum atomic E-state index is -4.44. The van der Waals surface area contributed by atoms with Crippen LogP contribution in [-0.2, 0) is 6.18 Å². The van der Waals surface area contributed by atoms with E-state index in [9.17, 15) is 13.2 Å². The summed E-state index contributed by atoms with van der Waals surface area (Å²) in [4.78, 5) is 0. The van der Waals surface area contributed by atoms with Gasteiger partial charge >= 0.3 is 6.18 Å². The number of halogens is 3. The molecule has 4 N–H and O–H groups in total. The number of alkyl halides is 3. The van der Waals surface area contributed by atoms with Crippen LogP contribution in [0.25, 0.3) is 0 Å². The molecule has 0 bridgehead atoms. The van der Waals surface area contributed by atoms with Crippen molar-refractivity contribution in [1.82, 2.24) is 0 Å². The summed E-state index contributed by atoms with van der Waals surface area (Å²) < 4.78 is 39.8. The van der Waals surface area contributed by atoms with Crippen molar-refractivity contribution in [2.45, 2.75) is 45.7 Å². The Morgan fingerprint density at radius 2 is 1.22 bits per heavy atom. The Balaban J connectivity index is 3.78. The highest BCUT2D eigenvalue weighted by molar-refractivity contribution is 5.68. The summed E-state index contributed by atoms with van der Waals surface area (Å²) in [6.07, 6.45) is -4.44. The van der Waals surface area contributed by atoms with E-state index in [1.54, 1.807) is 27.7 Å². The van der Waals surface area contributed by atoms with Gasteiger partial charge in [0.15, 0.2) is 0 Å². The molecule has 0 saturated carbocycles. The fraction of sp³-hybridized carbons (Fsp3) is 0.538. The van der Waals surface area contributed by atoms with E-state index in [1.165, 1.54) is 6.07 Å². The topological polar surface area (TPSA) is 52.0 Å². The van der Waals surface area contributed by atoms with Crippen LogP contribution in [0.2, 0.25) is 0 Å². The van der Waals surface area contributed by atoms with Crippen LogP contribution in [0.1, 0.15) is 56.2 Å². The van der Waals surface area contributed by atoms with Crippen LogP contribution in [0.5, 0.6) is 0 Å². The van der Waals surface area contributed by atoms with Gasteiger partial charge in [0.05, 0.1) is 5.56 Å². The maximum absolute atomic E-state index is 13.3. The maximum Gasteiger partial charge on any atom is 0.417 e. The van der Waals surface area contributed by atoms with Crippen LogP contribution in [0.4, 0.5) is 24.5 Å². The molecule has 5 heteroatoms. The summed E-state index contributed by atoms with van der Waals surface area (Å²) in [5.41, 5.74) is 11.3. The minimum Gasteiger partial charge on any atom is -0.398 e. The summed E-state index contributed by atoms with van der Waals surface area (Å²) in [5.74, 6) is -0.612. The van der Waals surface area contributed by atoms with Crippen LogP contribution in [0.15, 0.2) is 6.07 Å². The van der Waals surface area contributed by atoms with Crippen molar-refractivity contribution in [3.8, 4) is 0 Å². The molecule has 0 unspecified atom stereocenters. The zero-order valence-corrected chi connectivity index (χ0v) is 11.0. The Morgan fingerprint density at radius 3 is 1.44 bits per heavy atom. The second-order valence-corrected chi connectivity index (χ2v) is 5.06. The average molecular weight is 260 g/mol. The van der Waals surface area contributed by atoms with E-state index in [2.05, 4.69) is 0 Å². The van der Waals surface area contributed by atoms with Crippen molar-refractivity contribution in [3.05, 3.63) is 22.8 Å². The van der Waals surface area contributed by atoms with Gasteiger partial charge in [0, 0.05) is 11.4 Å². The first kappa shape index (κ1) is 14.7. The molecule has 0 atom stereocenters. The van der Waals surface area contributed by atoms with Crippen molar-refractivity contribution in [1.29, 1.82) is 0 Å². The average Bonchev–Trinajstić information content (AvgIpc) is 2.13. The van der Waals surface area contributed by atoms with E-state index < -0.39 is 11.7 Å². The molecule has 0 amide bonds. The van der Waals surface area contributed by atoms with Crippen LogP contribution < -0.4 is 11.5 Å². The molecule has 1 aromatic rings. The smallest absolute Gasteiger partial charge is 0.398 e. The molecule has 1 rings (SSSR count). The molecule has 0 aliphatic rings. The molecule has 0 aliphatic carbocycles. The van der Waals surface area contributed by atoms with Crippen molar-refractivity contribution in [2.24, 2.45) is 0 Å². The number of nitrogens with two attached hydrogens (primary N) is 2. The molecule has 0 saturated heterocycles. The number of hydrogen-bond donors (Lipinski definition) is 2. The predicted molar refractivity (Wildman–Crippen MR) is 68.4 cm³/mol. The summed E-state index contributed by atoms with van der Waals surface area (Å²) in [5, 5.41) is 0. The first-order valence-corrected chi connectivity index (χ1v) is 5.86. The largest absolute Gasteiger partial charge is 0.417 e. The first-order chi connectivity index (χ1) is 8.07. The quantitative estimate of drug-likeness (QED) is 0.786. The number of benzene rings is 1. The van der Waals surface area contributed by atoms with Gasteiger partial charge in [0.1, 0.15) is 0 Å². The second-order valence-electron chi connectivity index (χ2n) is 5.06. The fourth-order valence-electron chi connectivity index (χ4n) is 2.31. The molecule has 2 nitrogen and oxygen atoms in total. The van der Waals surface area contributed by atoms with E-state index in [4.69, 9.17) is 11.5 Å². The lowest BCUT2D eigenvalue weighted by Crippen LogP contribution is -2.18. The number of rotatable bonds is 2. The predicted octanol–water partition coefficient (Wildman–Crippen LogP) is 4.12. The molecule has 0 radical (unpaired) electrons. The third kappa shape index (κ3) is 2.54. The van der Waals surface area contributed by atoms with Crippen LogP contribution in [0, 0.1) is 0 Å². The molecule has 0 heterocycles. The zero-order chi connectivity index (χ0) is 14.2. The third-order valence-corrected chi connectivity index (χ3v) is 2.91. The first-order valence-electron chi connectivity index (χ1n) is 5.86. The van der Waals surface area contributed by atoms with E-state index >= 15 is 0 Å². The Morgan fingerprint density at radius 1 is 0.889 bits per heavy atom. The Bertz CT molecular complexity index is 416.